The lowest BCUT2D eigenvalue weighted by Crippen LogP contribution is -2.74. The molecule has 0 aromatic carbocycles. The maximum absolute atomic E-state index is 12.2. The Morgan fingerprint density at radius 1 is 1.55 bits per heavy atom. The lowest BCUT2D eigenvalue weighted by Gasteiger charge is -2.51. The van der Waals surface area contributed by atoms with Gasteiger partial charge in [0.15, 0.2) is 25.8 Å². The van der Waals surface area contributed by atoms with Crippen LogP contribution in [-0.2, 0) is 29.0 Å². The van der Waals surface area contributed by atoms with E-state index in [2.05, 4.69) is 4.79 Å². The average molecular weight is 348 g/mol. The highest BCUT2D eigenvalue weighted by atomic mass is 35.5. The van der Waals surface area contributed by atoms with Crippen molar-refractivity contribution in [3.63, 3.8) is 0 Å². The Morgan fingerprint density at radius 3 is 2.64 bits per heavy atom. The Morgan fingerprint density at radius 2 is 2.14 bits per heavy atom. The van der Waals surface area contributed by atoms with Crippen molar-refractivity contribution < 1.29 is 32.3 Å². The first-order valence-electron chi connectivity index (χ1n) is 5.91. The quantitative estimate of drug-likeness (QED) is 0.164. The number of allylic oxidation sites excluding steroid dienone is 1. The zero-order chi connectivity index (χ0) is 16.9. The first-order chi connectivity index (χ1) is 10.0. The highest BCUT2D eigenvalue weighted by molar-refractivity contribution is 7.92. The van der Waals surface area contributed by atoms with Crippen LogP contribution in [0.4, 0.5) is 0 Å². The van der Waals surface area contributed by atoms with Crippen LogP contribution in [0, 0.1) is 0 Å². The van der Waals surface area contributed by atoms with E-state index in [1.165, 1.54) is 6.92 Å². The lowest BCUT2D eigenvalue weighted by molar-refractivity contribution is -0.147. The molecule has 2 aliphatic heterocycles. The summed E-state index contributed by atoms with van der Waals surface area (Å²) in [4.78, 5) is 36.6. The van der Waals surface area contributed by atoms with Crippen molar-refractivity contribution in [3.05, 3.63) is 17.0 Å². The molecule has 0 N–H and O–H groups in total. The fourth-order valence-corrected chi connectivity index (χ4v) is 5.04. The zero-order valence-electron chi connectivity index (χ0n) is 11.4. The van der Waals surface area contributed by atoms with Gasteiger partial charge in [0.25, 0.3) is 11.7 Å². The molecule has 1 saturated heterocycles. The molecule has 22 heavy (non-hydrogen) atoms. The molecule has 0 bridgehead atoms. The molecule has 118 valence electrons. The fourth-order valence-electron chi connectivity index (χ4n) is 2.43. The molecule has 1 fully saturated rings. The van der Waals surface area contributed by atoms with Crippen molar-refractivity contribution >= 4 is 45.3 Å². The van der Waals surface area contributed by atoms with Gasteiger partial charge < -0.3 is 10.3 Å². The minimum atomic E-state index is -3.96. The number of Topliss-reactive ketones (excluding diaryl/α,β-unsaturated/α-hetero) is 1. The first-order valence-corrected chi connectivity index (χ1v) is 8.01. The molecule has 2 atom stereocenters. The maximum atomic E-state index is 12.2. The fraction of sp³-hybridized carbons (Fsp3) is 0.455. The first kappa shape index (κ1) is 16.3. The van der Waals surface area contributed by atoms with E-state index in [4.69, 9.17) is 21.9 Å². The third-order valence-corrected chi connectivity index (χ3v) is 5.71. The summed E-state index contributed by atoms with van der Waals surface area (Å²) >= 11 is 5.92. The third-order valence-electron chi connectivity index (χ3n) is 3.19. The van der Waals surface area contributed by atoms with E-state index in [0.29, 0.717) is 11.1 Å². The van der Waals surface area contributed by atoms with Gasteiger partial charge in [-0.15, -0.1) is 11.6 Å². The number of sulfone groups is 1. The van der Waals surface area contributed by atoms with Gasteiger partial charge in [-0.1, -0.05) is 0 Å². The van der Waals surface area contributed by atoms with Crippen LogP contribution in [0.3, 0.4) is 0 Å². The molecule has 2 aliphatic rings. The van der Waals surface area contributed by atoms with E-state index in [1.807, 2.05) is 0 Å². The summed E-state index contributed by atoms with van der Waals surface area (Å²) in [5, 5.41) is -1.46. The minimum absolute atomic E-state index is 0.463. The van der Waals surface area contributed by atoms with Crippen molar-refractivity contribution in [1.29, 1.82) is 0 Å². The molecule has 11 heteroatoms. The van der Waals surface area contributed by atoms with Gasteiger partial charge in [0, 0.05) is 6.92 Å². The number of carbonyl (C=O) groups is 3. The standard InChI is InChI=1S/C11H10ClN3O6S/c1-5(16)21-7-4-22(19,20)10-11(2,12)9(18)15(10)8(7)6(17)3-14-13/h3,10H,4H2,1-2H3/t10-,11-/m0/s1. The molecule has 9 nitrogen and oxygen atoms in total. The van der Waals surface area contributed by atoms with Crippen LogP contribution in [0.2, 0.25) is 0 Å². The number of carbonyl (C=O) groups excluding carboxylic acids is 3. The smallest absolute Gasteiger partial charge is 0.329 e. The Kier molecular flexibility index (Phi) is 3.72. The Hall–Kier alpha value is -2.03. The van der Waals surface area contributed by atoms with Crippen LogP contribution in [0.1, 0.15) is 13.8 Å². The number of rotatable bonds is 3. The largest absolute Gasteiger partial charge is 0.428 e. The van der Waals surface area contributed by atoms with Crippen LogP contribution in [-0.4, -0.2) is 58.0 Å². The van der Waals surface area contributed by atoms with E-state index in [1.54, 1.807) is 0 Å². The molecule has 0 unspecified atom stereocenters. The third kappa shape index (κ3) is 2.25. The van der Waals surface area contributed by atoms with E-state index in [0.717, 1.165) is 6.92 Å². The van der Waals surface area contributed by atoms with Crippen LogP contribution >= 0.6 is 11.6 Å². The molecule has 1 amide bonds. The highest BCUT2D eigenvalue weighted by Crippen LogP contribution is 2.46. The van der Waals surface area contributed by atoms with E-state index < -0.39 is 55.0 Å². The van der Waals surface area contributed by atoms with E-state index >= 15 is 0 Å². The molecule has 0 aliphatic carbocycles. The van der Waals surface area contributed by atoms with Gasteiger partial charge in [-0.2, -0.15) is 4.79 Å². The SMILES string of the molecule is CC(=O)OC1=C(C(=O)C=[N+]=[N-])N2C(=O)[C@](C)(Cl)[C@@H]2S(=O)(=O)C1. The van der Waals surface area contributed by atoms with E-state index in [-0.39, 0.29) is 0 Å². The van der Waals surface area contributed by atoms with Gasteiger partial charge >= 0.3 is 12.2 Å². The normalized spacial score (nSPS) is 29.1. The number of amides is 1. The second kappa shape index (κ2) is 5.01. The predicted molar refractivity (Wildman–Crippen MR) is 72.2 cm³/mol. The van der Waals surface area contributed by atoms with Gasteiger partial charge in [-0.25, -0.2) is 8.42 Å². The molecular formula is C11H10ClN3O6S. The second-order valence-electron chi connectivity index (χ2n) is 4.88. The van der Waals surface area contributed by atoms with Crippen molar-refractivity contribution in [2.75, 3.05) is 5.75 Å². The van der Waals surface area contributed by atoms with Crippen molar-refractivity contribution in [3.8, 4) is 0 Å². The van der Waals surface area contributed by atoms with Crippen LogP contribution in [0.5, 0.6) is 0 Å². The second-order valence-corrected chi connectivity index (χ2v) is 7.73. The molecule has 0 radical (unpaired) electrons. The molecule has 0 saturated carbocycles. The summed E-state index contributed by atoms with van der Waals surface area (Å²) in [5.74, 6) is -3.96. The summed E-state index contributed by atoms with van der Waals surface area (Å²) in [7, 11) is -3.96. The number of ether oxygens (including phenoxy) is 1. The number of fused-ring (bicyclic) bond motifs is 1. The number of nitrogens with zero attached hydrogens (tertiary/aromatic N) is 3. The molecule has 2 heterocycles. The Bertz CT molecular complexity index is 778. The molecule has 0 aromatic rings. The minimum Gasteiger partial charge on any atom is -0.428 e. The maximum Gasteiger partial charge on any atom is 0.329 e. The van der Waals surface area contributed by atoms with Crippen molar-refractivity contribution in [2.45, 2.75) is 24.1 Å². The topological polar surface area (TPSA) is 134 Å². The van der Waals surface area contributed by atoms with Crippen LogP contribution in [0.15, 0.2) is 11.5 Å². The highest BCUT2D eigenvalue weighted by Gasteiger charge is 2.67. The van der Waals surface area contributed by atoms with Gasteiger partial charge in [0.2, 0.25) is 0 Å². The number of β-lactam (4-membered cyclic amide) rings is 1. The number of alkyl halides is 1. The predicted octanol–water partition coefficient (Wildman–Crippen LogP) is -0.775. The molecular weight excluding hydrogens is 338 g/mol. The van der Waals surface area contributed by atoms with Crippen molar-refractivity contribution in [1.82, 2.24) is 4.90 Å². The summed E-state index contributed by atoms with van der Waals surface area (Å²) < 4.78 is 29.2. The number of hydrogen-bond acceptors (Lipinski definition) is 6. The number of hydrogen-bond donors (Lipinski definition) is 0. The van der Waals surface area contributed by atoms with Gasteiger partial charge in [-0.05, 0) is 6.92 Å². The number of esters is 1. The van der Waals surface area contributed by atoms with Crippen LogP contribution in [0.25, 0.3) is 5.53 Å². The Balaban J connectivity index is 2.67. The van der Waals surface area contributed by atoms with Gasteiger partial charge in [0.1, 0.15) is 11.4 Å². The molecule has 2 rings (SSSR count). The summed E-state index contributed by atoms with van der Waals surface area (Å²) in [6.45, 7) is 2.23. The average Bonchev–Trinajstić information content (AvgIpc) is 2.35. The van der Waals surface area contributed by atoms with Gasteiger partial charge in [-0.3, -0.25) is 19.3 Å². The van der Waals surface area contributed by atoms with Gasteiger partial charge in [0.05, 0.1) is 0 Å². The number of halogens is 1. The zero-order valence-corrected chi connectivity index (χ0v) is 13.0. The van der Waals surface area contributed by atoms with Crippen LogP contribution < -0.4 is 0 Å². The summed E-state index contributed by atoms with van der Waals surface area (Å²) in [6, 6.07) is 0. The van der Waals surface area contributed by atoms with Crippen molar-refractivity contribution in [2.24, 2.45) is 0 Å². The summed E-state index contributed by atoms with van der Waals surface area (Å²) in [6.07, 6.45) is 0.463. The summed E-state index contributed by atoms with van der Waals surface area (Å²) in [5.41, 5.74) is 7.97. The monoisotopic (exact) mass is 347 g/mol. The lowest BCUT2D eigenvalue weighted by atomic mass is 9.96. The molecule has 0 spiro atoms. The van der Waals surface area contributed by atoms with E-state index in [9.17, 15) is 22.8 Å². The molecule has 0 aromatic heterocycles. The number of ketones is 1. The Labute approximate surface area is 130 Å².